The van der Waals surface area contributed by atoms with Gasteiger partial charge in [-0.2, -0.15) is 0 Å². The van der Waals surface area contributed by atoms with Crippen molar-refractivity contribution < 1.29 is 18.4 Å². The third-order valence-electron chi connectivity index (χ3n) is 3.74. The molecule has 1 heterocycles. The number of urea groups is 1. The number of nitrogens with zero attached hydrogens (tertiary/aromatic N) is 1. The maximum absolute atomic E-state index is 13.3. The highest BCUT2D eigenvalue weighted by atomic mass is 32.1. The van der Waals surface area contributed by atoms with E-state index < -0.39 is 29.6 Å². The van der Waals surface area contributed by atoms with E-state index in [0.717, 1.165) is 23.5 Å². The van der Waals surface area contributed by atoms with E-state index in [9.17, 15) is 18.4 Å². The van der Waals surface area contributed by atoms with Gasteiger partial charge in [-0.05, 0) is 24.1 Å². The summed E-state index contributed by atoms with van der Waals surface area (Å²) in [6.45, 7) is 3.70. The first-order chi connectivity index (χ1) is 11.8. The summed E-state index contributed by atoms with van der Waals surface area (Å²) in [4.78, 5) is 27.6. The standard InChI is InChI=1S/C16H18F2N4O2S/c1-3-8(2)13(21-15(19)24)14(23)22-16-20-12(7-25-16)9-4-5-10(17)11(18)6-9/h4-8,13H,3H2,1-2H3,(H3,19,21,24)(H,20,22,23)/t8-,13-/m0/s1. The third-order valence-corrected chi connectivity index (χ3v) is 4.50. The zero-order valence-electron chi connectivity index (χ0n) is 13.7. The van der Waals surface area contributed by atoms with E-state index in [-0.39, 0.29) is 11.0 Å². The number of carbonyl (C=O) groups is 2. The molecule has 0 bridgehead atoms. The summed E-state index contributed by atoms with van der Waals surface area (Å²) >= 11 is 1.14. The first-order valence-corrected chi connectivity index (χ1v) is 8.47. The molecule has 9 heteroatoms. The molecule has 0 aliphatic carbocycles. The number of aromatic nitrogens is 1. The lowest BCUT2D eigenvalue weighted by molar-refractivity contribution is -0.119. The zero-order valence-corrected chi connectivity index (χ0v) is 14.5. The SMILES string of the molecule is CC[C@H](C)[C@H](NC(N)=O)C(=O)Nc1nc(-c2ccc(F)c(F)c2)cs1. The van der Waals surface area contributed by atoms with E-state index in [1.54, 1.807) is 5.38 Å². The summed E-state index contributed by atoms with van der Waals surface area (Å²) in [5, 5.41) is 6.92. The second-order valence-electron chi connectivity index (χ2n) is 5.53. The lowest BCUT2D eigenvalue weighted by Crippen LogP contribution is -2.49. The van der Waals surface area contributed by atoms with Gasteiger partial charge in [0.05, 0.1) is 5.69 Å². The molecule has 0 saturated carbocycles. The van der Waals surface area contributed by atoms with Crippen LogP contribution < -0.4 is 16.4 Å². The molecule has 1 aromatic heterocycles. The summed E-state index contributed by atoms with van der Waals surface area (Å²) in [6.07, 6.45) is 0.663. The Balaban J connectivity index is 2.14. The summed E-state index contributed by atoms with van der Waals surface area (Å²) in [5.41, 5.74) is 5.91. The lowest BCUT2D eigenvalue weighted by atomic mass is 9.98. The van der Waals surface area contributed by atoms with Crippen LogP contribution in [0.3, 0.4) is 0 Å². The van der Waals surface area contributed by atoms with Gasteiger partial charge in [0.25, 0.3) is 0 Å². The molecule has 25 heavy (non-hydrogen) atoms. The molecule has 0 radical (unpaired) electrons. The van der Waals surface area contributed by atoms with Crippen molar-refractivity contribution in [2.45, 2.75) is 26.3 Å². The number of amides is 3. The summed E-state index contributed by atoms with van der Waals surface area (Å²) in [5.74, 6) is -2.49. The molecule has 4 N–H and O–H groups in total. The van der Waals surface area contributed by atoms with Gasteiger partial charge < -0.3 is 16.4 Å². The number of primary amides is 1. The molecule has 2 rings (SSSR count). The summed E-state index contributed by atoms with van der Waals surface area (Å²) in [7, 11) is 0. The fourth-order valence-corrected chi connectivity index (χ4v) is 2.88. The van der Waals surface area contributed by atoms with E-state index >= 15 is 0 Å². The van der Waals surface area contributed by atoms with Crippen LogP contribution in [0, 0.1) is 17.6 Å². The topological polar surface area (TPSA) is 97.1 Å². The van der Waals surface area contributed by atoms with E-state index in [0.29, 0.717) is 17.7 Å². The molecule has 0 fully saturated rings. The monoisotopic (exact) mass is 368 g/mol. The average molecular weight is 368 g/mol. The largest absolute Gasteiger partial charge is 0.352 e. The van der Waals surface area contributed by atoms with Gasteiger partial charge in [0.1, 0.15) is 6.04 Å². The molecule has 2 atom stereocenters. The molecule has 1 aromatic carbocycles. The maximum atomic E-state index is 13.3. The number of nitrogens with two attached hydrogens (primary N) is 1. The molecule has 0 spiro atoms. The Hall–Kier alpha value is -2.55. The normalized spacial score (nSPS) is 13.1. The van der Waals surface area contributed by atoms with Crippen molar-refractivity contribution in [1.82, 2.24) is 10.3 Å². The second-order valence-corrected chi connectivity index (χ2v) is 6.39. The van der Waals surface area contributed by atoms with E-state index in [1.807, 2.05) is 13.8 Å². The van der Waals surface area contributed by atoms with E-state index in [2.05, 4.69) is 15.6 Å². The fraction of sp³-hybridized carbons (Fsp3) is 0.312. The minimum atomic E-state index is -0.974. The minimum absolute atomic E-state index is 0.127. The highest BCUT2D eigenvalue weighted by Crippen LogP contribution is 2.26. The van der Waals surface area contributed by atoms with Crippen molar-refractivity contribution in [1.29, 1.82) is 0 Å². The van der Waals surface area contributed by atoms with E-state index in [1.165, 1.54) is 6.07 Å². The first-order valence-electron chi connectivity index (χ1n) is 7.59. The van der Waals surface area contributed by atoms with Crippen LogP contribution in [0.15, 0.2) is 23.6 Å². The maximum Gasteiger partial charge on any atom is 0.312 e. The molecule has 3 amide bonds. The van der Waals surface area contributed by atoms with Crippen LogP contribution in [0.1, 0.15) is 20.3 Å². The number of halogens is 2. The van der Waals surface area contributed by atoms with Crippen LogP contribution >= 0.6 is 11.3 Å². The Bertz CT molecular complexity index is 781. The van der Waals surface area contributed by atoms with Crippen molar-refractivity contribution in [3.63, 3.8) is 0 Å². The molecule has 6 nitrogen and oxygen atoms in total. The minimum Gasteiger partial charge on any atom is -0.352 e. The Morgan fingerprint density at radius 1 is 1.32 bits per heavy atom. The quantitative estimate of drug-likeness (QED) is 0.731. The fourth-order valence-electron chi connectivity index (χ4n) is 2.16. The van der Waals surface area contributed by atoms with Gasteiger partial charge in [0, 0.05) is 10.9 Å². The molecule has 0 saturated heterocycles. The van der Waals surface area contributed by atoms with Gasteiger partial charge in [0.2, 0.25) is 5.91 Å². The molecule has 0 unspecified atom stereocenters. The highest BCUT2D eigenvalue weighted by Gasteiger charge is 2.26. The van der Waals surface area contributed by atoms with Gasteiger partial charge in [-0.25, -0.2) is 18.6 Å². The van der Waals surface area contributed by atoms with Crippen LogP contribution in [0.4, 0.5) is 18.7 Å². The zero-order chi connectivity index (χ0) is 18.6. The Kier molecular flexibility index (Phi) is 6.02. The van der Waals surface area contributed by atoms with E-state index in [4.69, 9.17) is 5.73 Å². The van der Waals surface area contributed by atoms with Crippen LogP contribution in [0.2, 0.25) is 0 Å². The Morgan fingerprint density at radius 3 is 2.64 bits per heavy atom. The number of hydrogen-bond acceptors (Lipinski definition) is 4. The van der Waals surface area contributed by atoms with Crippen LogP contribution in [-0.4, -0.2) is 23.0 Å². The predicted molar refractivity (Wildman–Crippen MR) is 92.1 cm³/mol. The molecular formula is C16H18F2N4O2S. The molecule has 2 aromatic rings. The van der Waals surface area contributed by atoms with Gasteiger partial charge in [-0.15, -0.1) is 11.3 Å². The lowest BCUT2D eigenvalue weighted by Gasteiger charge is -2.21. The highest BCUT2D eigenvalue weighted by molar-refractivity contribution is 7.14. The number of carbonyl (C=O) groups excluding carboxylic acids is 2. The van der Waals surface area contributed by atoms with Crippen molar-refractivity contribution in [2.75, 3.05) is 5.32 Å². The number of benzene rings is 1. The molecule has 0 aliphatic rings. The third kappa shape index (κ3) is 4.72. The van der Waals surface area contributed by atoms with Crippen molar-refractivity contribution in [2.24, 2.45) is 11.7 Å². The molecular weight excluding hydrogens is 350 g/mol. The molecule has 134 valence electrons. The van der Waals surface area contributed by atoms with Crippen molar-refractivity contribution >= 4 is 28.4 Å². The Morgan fingerprint density at radius 2 is 2.04 bits per heavy atom. The first kappa shape index (κ1) is 18.8. The molecule has 0 aliphatic heterocycles. The van der Waals surface area contributed by atoms with Crippen molar-refractivity contribution in [3.05, 3.63) is 35.2 Å². The van der Waals surface area contributed by atoms with Gasteiger partial charge >= 0.3 is 6.03 Å². The number of rotatable bonds is 6. The number of hydrogen-bond donors (Lipinski definition) is 3. The van der Waals surface area contributed by atoms with Gasteiger partial charge in [-0.3, -0.25) is 4.79 Å². The van der Waals surface area contributed by atoms with Gasteiger partial charge in [-0.1, -0.05) is 20.3 Å². The Labute approximate surface area is 147 Å². The van der Waals surface area contributed by atoms with Crippen LogP contribution in [0.5, 0.6) is 0 Å². The van der Waals surface area contributed by atoms with Gasteiger partial charge in [0.15, 0.2) is 16.8 Å². The summed E-state index contributed by atoms with van der Waals surface area (Å²) in [6, 6.07) is 1.86. The van der Waals surface area contributed by atoms with Crippen LogP contribution in [-0.2, 0) is 4.79 Å². The average Bonchev–Trinajstić information content (AvgIpc) is 3.02. The number of thiazole rings is 1. The smallest absolute Gasteiger partial charge is 0.312 e. The number of anilines is 1. The predicted octanol–water partition coefficient (Wildman–Crippen LogP) is 3.11. The number of nitrogens with one attached hydrogen (secondary N) is 2. The van der Waals surface area contributed by atoms with Crippen LogP contribution in [0.25, 0.3) is 11.3 Å². The second kappa shape index (κ2) is 8.02. The summed E-state index contributed by atoms with van der Waals surface area (Å²) < 4.78 is 26.3. The van der Waals surface area contributed by atoms with Crippen molar-refractivity contribution in [3.8, 4) is 11.3 Å².